The van der Waals surface area contributed by atoms with E-state index >= 15 is 0 Å². The Hall–Kier alpha value is -3.37. The number of aromatic nitrogens is 3. The number of aryl methyl sites for hydroxylation is 1. The van der Waals surface area contributed by atoms with Crippen molar-refractivity contribution in [3.05, 3.63) is 70.5 Å². The fourth-order valence-electron chi connectivity index (χ4n) is 3.31. The molecule has 11 heteroatoms. The number of anilines is 2. The SMILES string of the molecule is Cn1ncc(C(=O)Nc2ccc(Cl)cn2)c1NC(=O)c1ccc(C(=N)N2CCSCC2)cc1. The Kier molecular flexibility index (Phi) is 6.95. The van der Waals surface area contributed by atoms with Crippen LogP contribution < -0.4 is 10.6 Å². The van der Waals surface area contributed by atoms with Crippen LogP contribution in [0.4, 0.5) is 11.6 Å². The lowest BCUT2D eigenvalue weighted by Gasteiger charge is -2.28. The van der Waals surface area contributed by atoms with E-state index < -0.39 is 5.91 Å². The average molecular weight is 484 g/mol. The van der Waals surface area contributed by atoms with Crippen molar-refractivity contribution < 1.29 is 9.59 Å². The standard InChI is InChI=1S/C22H22ClN7O2S/c1-29-20(17(13-26-29)22(32)27-18-7-6-16(23)12-25-18)28-21(31)15-4-2-14(3-5-15)19(24)30-8-10-33-11-9-30/h2-7,12-13,24H,8-11H2,1H3,(H,28,31)(H,25,27,32). The van der Waals surface area contributed by atoms with Gasteiger partial charge in [-0.3, -0.25) is 19.7 Å². The first-order valence-electron chi connectivity index (χ1n) is 10.2. The maximum atomic E-state index is 12.8. The molecule has 0 aliphatic carbocycles. The minimum atomic E-state index is -0.461. The largest absolute Gasteiger partial charge is 0.355 e. The molecule has 0 radical (unpaired) electrons. The molecule has 3 aromatic rings. The second-order valence-corrected chi connectivity index (χ2v) is 8.99. The molecule has 9 nitrogen and oxygen atoms in total. The van der Waals surface area contributed by atoms with E-state index in [9.17, 15) is 9.59 Å². The quantitative estimate of drug-likeness (QED) is 0.378. The topological polar surface area (TPSA) is 116 Å². The van der Waals surface area contributed by atoms with Crippen LogP contribution in [0.25, 0.3) is 0 Å². The third-order valence-electron chi connectivity index (χ3n) is 5.13. The molecule has 0 bridgehead atoms. The molecule has 0 spiro atoms. The molecule has 1 aliphatic heterocycles. The Morgan fingerprint density at radius 1 is 1.00 bits per heavy atom. The number of nitrogens with one attached hydrogen (secondary N) is 3. The molecule has 4 rings (SSSR count). The van der Waals surface area contributed by atoms with Crippen molar-refractivity contribution in [1.82, 2.24) is 19.7 Å². The molecule has 2 aromatic heterocycles. The van der Waals surface area contributed by atoms with Gasteiger partial charge in [0.05, 0.1) is 11.2 Å². The maximum absolute atomic E-state index is 12.8. The van der Waals surface area contributed by atoms with Crippen molar-refractivity contribution >= 4 is 52.6 Å². The summed E-state index contributed by atoms with van der Waals surface area (Å²) in [6.07, 6.45) is 2.80. The van der Waals surface area contributed by atoms with E-state index in [0.717, 1.165) is 30.2 Å². The molecule has 1 aliphatic rings. The van der Waals surface area contributed by atoms with Gasteiger partial charge in [0, 0.05) is 49.0 Å². The molecule has 3 N–H and O–H groups in total. The van der Waals surface area contributed by atoms with Crippen LogP contribution in [0.15, 0.2) is 48.8 Å². The van der Waals surface area contributed by atoms with Crippen molar-refractivity contribution in [1.29, 1.82) is 5.41 Å². The van der Waals surface area contributed by atoms with E-state index in [1.54, 1.807) is 43.4 Å². The number of carbonyl (C=O) groups excluding carboxylic acids is 2. The van der Waals surface area contributed by atoms with Crippen LogP contribution in [0.5, 0.6) is 0 Å². The molecular weight excluding hydrogens is 462 g/mol. The van der Waals surface area contributed by atoms with Gasteiger partial charge in [-0.2, -0.15) is 16.9 Å². The van der Waals surface area contributed by atoms with Gasteiger partial charge in [0.1, 0.15) is 23.0 Å². The van der Waals surface area contributed by atoms with Crippen LogP contribution in [0.2, 0.25) is 5.02 Å². The first-order chi connectivity index (χ1) is 15.9. The number of thioether (sulfide) groups is 1. The number of nitrogens with zero attached hydrogens (tertiary/aromatic N) is 4. The number of hydrogen-bond acceptors (Lipinski definition) is 6. The number of hydrogen-bond donors (Lipinski definition) is 3. The van der Waals surface area contributed by atoms with Crippen molar-refractivity contribution in [3.8, 4) is 0 Å². The van der Waals surface area contributed by atoms with Crippen LogP contribution >= 0.6 is 23.4 Å². The third-order valence-corrected chi connectivity index (χ3v) is 6.30. The monoisotopic (exact) mass is 483 g/mol. The summed E-state index contributed by atoms with van der Waals surface area (Å²) in [6.45, 7) is 1.70. The number of amides is 2. The van der Waals surface area contributed by atoms with Gasteiger partial charge in [-0.05, 0) is 24.3 Å². The lowest BCUT2D eigenvalue weighted by atomic mass is 10.1. The summed E-state index contributed by atoms with van der Waals surface area (Å²) in [7, 11) is 1.63. The van der Waals surface area contributed by atoms with Gasteiger partial charge in [0.15, 0.2) is 0 Å². The second-order valence-electron chi connectivity index (χ2n) is 7.33. The van der Waals surface area contributed by atoms with Gasteiger partial charge in [0.2, 0.25) is 0 Å². The predicted molar refractivity (Wildman–Crippen MR) is 131 cm³/mol. The molecule has 0 saturated carbocycles. The number of benzene rings is 1. The Balaban J connectivity index is 1.45. The highest BCUT2D eigenvalue weighted by Gasteiger charge is 2.20. The summed E-state index contributed by atoms with van der Waals surface area (Å²) in [4.78, 5) is 31.6. The van der Waals surface area contributed by atoms with Crippen molar-refractivity contribution in [3.63, 3.8) is 0 Å². The lowest BCUT2D eigenvalue weighted by Crippen LogP contribution is -2.37. The minimum Gasteiger partial charge on any atom is -0.355 e. The summed E-state index contributed by atoms with van der Waals surface area (Å²) in [5.74, 6) is 2.23. The number of amidine groups is 1. The molecule has 3 heterocycles. The Bertz CT molecular complexity index is 1170. The maximum Gasteiger partial charge on any atom is 0.262 e. The molecule has 170 valence electrons. The zero-order chi connectivity index (χ0) is 23.4. The Labute approximate surface area is 200 Å². The molecule has 0 unspecified atom stereocenters. The first-order valence-corrected chi connectivity index (χ1v) is 11.7. The van der Waals surface area contributed by atoms with Crippen LogP contribution in [0, 0.1) is 5.41 Å². The van der Waals surface area contributed by atoms with E-state index in [1.165, 1.54) is 17.1 Å². The average Bonchev–Trinajstić information content (AvgIpc) is 3.20. The molecule has 0 atom stereocenters. The van der Waals surface area contributed by atoms with Gasteiger partial charge in [-0.1, -0.05) is 23.7 Å². The van der Waals surface area contributed by atoms with Crippen LogP contribution in [-0.4, -0.2) is 61.9 Å². The normalized spacial score (nSPS) is 13.5. The van der Waals surface area contributed by atoms with Crippen LogP contribution in [0.1, 0.15) is 26.3 Å². The highest BCUT2D eigenvalue weighted by molar-refractivity contribution is 7.99. The van der Waals surface area contributed by atoms with E-state index in [4.69, 9.17) is 17.0 Å². The van der Waals surface area contributed by atoms with Gasteiger partial charge in [0.25, 0.3) is 11.8 Å². The van der Waals surface area contributed by atoms with E-state index in [0.29, 0.717) is 22.2 Å². The molecule has 2 amide bonds. The summed E-state index contributed by atoms with van der Waals surface area (Å²) < 4.78 is 1.42. The highest BCUT2D eigenvalue weighted by Crippen LogP contribution is 2.19. The fourth-order valence-corrected chi connectivity index (χ4v) is 4.33. The highest BCUT2D eigenvalue weighted by atomic mass is 35.5. The summed E-state index contributed by atoms with van der Waals surface area (Å²) >= 11 is 7.71. The minimum absolute atomic E-state index is 0.198. The number of pyridine rings is 1. The molecule has 1 saturated heterocycles. The van der Waals surface area contributed by atoms with Crippen molar-refractivity contribution in [2.24, 2.45) is 7.05 Å². The van der Waals surface area contributed by atoms with Gasteiger partial charge in [-0.25, -0.2) is 4.98 Å². The fraction of sp³-hybridized carbons (Fsp3) is 0.227. The van der Waals surface area contributed by atoms with Crippen molar-refractivity contribution in [2.45, 2.75) is 0 Å². The number of rotatable bonds is 5. The second kappa shape index (κ2) is 10.1. The Morgan fingerprint density at radius 2 is 1.70 bits per heavy atom. The van der Waals surface area contributed by atoms with E-state index in [2.05, 4.69) is 20.7 Å². The molecule has 1 fully saturated rings. The molecule has 33 heavy (non-hydrogen) atoms. The lowest BCUT2D eigenvalue weighted by molar-refractivity contribution is 0.102. The van der Waals surface area contributed by atoms with Gasteiger partial charge >= 0.3 is 0 Å². The summed E-state index contributed by atoms with van der Waals surface area (Å²) in [5, 5.41) is 18.4. The van der Waals surface area contributed by atoms with Gasteiger partial charge < -0.3 is 15.5 Å². The van der Waals surface area contributed by atoms with Crippen LogP contribution in [-0.2, 0) is 7.05 Å². The third kappa shape index (κ3) is 5.35. The summed E-state index contributed by atoms with van der Waals surface area (Å²) in [5.41, 5.74) is 1.37. The Morgan fingerprint density at radius 3 is 2.36 bits per heavy atom. The number of halogens is 1. The zero-order valence-corrected chi connectivity index (χ0v) is 19.4. The number of carbonyl (C=O) groups is 2. The summed E-state index contributed by atoms with van der Waals surface area (Å²) in [6, 6.07) is 10.1. The van der Waals surface area contributed by atoms with Gasteiger partial charge in [-0.15, -0.1) is 0 Å². The molecular formula is C22H22ClN7O2S. The van der Waals surface area contributed by atoms with Crippen molar-refractivity contribution in [2.75, 3.05) is 35.2 Å². The molecule has 1 aromatic carbocycles. The first kappa shape index (κ1) is 22.8. The smallest absolute Gasteiger partial charge is 0.262 e. The van der Waals surface area contributed by atoms with E-state index in [1.807, 2.05) is 16.7 Å². The van der Waals surface area contributed by atoms with Crippen LogP contribution in [0.3, 0.4) is 0 Å². The predicted octanol–water partition coefficient (Wildman–Crippen LogP) is 3.35. The van der Waals surface area contributed by atoms with E-state index in [-0.39, 0.29) is 17.3 Å². The zero-order valence-electron chi connectivity index (χ0n) is 17.8.